The van der Waals surface area contributed by atoms with E-state index in [2.05, 4.69) is 10.2 Å². The zero-order chi connectivity index (χ0) is 13.6. The van der Waals surface area contributed by atoms with E-state index >= 15 is 0 Å². The molecule has 1 amide bonds. The van der Waals surface area contributed by atoms with Crippen LogP contribution in [0.25, 0.3) is 0 Å². The molecule has 1 saturated heterocycles. The van der Waals surface area contributed by atoms with E-state index in [9.17, 15) is 4.79 Å². The molecule has 6 nitrogen and oxygen atoms in total. The molecule has 18 heavy (non-hydrogen) atoms. The molecule has 0 radical (unpaired) electrons. The average Bonchev–Trinajstić information content (AvgIpc) is 2.65. The van der Waals surface area contributed by atoms with Crippen LogP contribution < -0.4 is 11.1 Å². The highest BCUT2D eigenvalue weighted by Crippen LogP contribution is 2.26. The minimum absolute atomic E-state index is 0.0521. The van der Waals surface area contributed by atoms with Crippen molar-refractivity contribution < 1.29 is 14.3 Å². The number of rotatable bonds is 7. The second-order valence-corrected chi connectivity index (χ2v) is 5.21. The van der Waals surface area contributed by atoms with E-state index in [0.29, 0.717) is 33.0 Å². The fourth-order valence-corrected chi connectivity index (χ4v) is 1.71. The molecular formula is C12H25N3O3. The molecule has 0 spiro atoms. The van der Waals surface area contributed by atoms with Crippen molar-refractivity contribution in [3.05, 3.63) is 0 Å². The molecule has 1 heterocycles. The summed E-state index contributed by atoms with van der Waals surface area (Å²) in [7, 11) is 3.99. The summed E-state index contributed by atoms with van der Waals surface area (Å²) in [6, 6.07) is -0.229. The van der Waals surface area contributed by atoms with Gasteiger partial charge in [0, 0.05) is 19.1 Å². The van der Waals surface area contributed by atoms with Crippen LogP contribution in [0.15, 0.2) is 0 Å². The van der Waals surface area contributed by atoms with Gasteiger partial charge in [-0.15, -0.1) is 0 Å². The van der Waals surface area contributed by atoms with Gasteiger partial charge in [0.1, 0.15) is 0 Å². The molecule has 1 aliphatic rings. The van der Waals surface area contributed by atoms with Crippen molar-refractivity contribution in [1.29, 1.82) is 0 Å². The minimum Gasteiger partial charge on any atom is -0.379 e. The van der Waals surface area contributed by atoms with Crippen molar-refractivity contribution in [3.63, 3.8) is 0 Å². The first-order valence-corrected chi connectivity index (χ1v) is 6.31. The Kier molecular flexibility index (Phi) is 6.01. The molecule has 0 saturated carbocycles. The van der Waals surface area contributed by atoms with Gasteiger partial charge < -0.3 is 25.4 Å². The summed E-state index contributed by atoms with van der Waals surface area (Å²) >= 11 is 0. The molecule has 0 bridgehead atoms. The van der Waals surface area contributed by atoms with Gasteiger partial charge in [0.25, 0.3) is 0 Å². The molecule has 2 atom stereocenters. The van der Waals surface area contributed by atoms with E-state index in [1.165, 1.54) is 0 Å². The van der Waals surface area contributed by atoms with Gasteiger partial charge in [0.05, 0.1) is 31.8 Å². The van der Waals surface area contributed by atoms with Crippen LogP contribution in [0.4, 0.5) is 0 Å². The van der Waals surface area contributed by atoms with E-state index in [4.69, 9.17) is 15.2 Å². The van der Waals surface area contributed by atoms with E-state index in [-0.39, 0.29) is 11.9 Å². The van der Waals surface area contributed by atoms with Gasteiger partial charge in [-0.2, -0.15) is 0 Å². The summed E-state index contributed by atoms with van der Waals surface area (Å²) in [4.78, 5) is 14.0. The molecule has 1 rings (SSSR count). The van der Waals surface area contributed by atoms with Gasteiger partial charge >= 0.3 is 0 Å². The Bertz CT molecular complexity index is 273. The van der Waals surface area contributed by atoms with Crippen molar-refractivity contribution in [2.45, 2.75) is 13.0 Å². The maximum atomic E-state index is 12.0. The monoisotopic (exact) mass is 259 g/mol. The Morgan fingerprint density at radius 2 is 2.28 bits per heavy atom. The largest absolute Gasteiger partial charge is 0.379 e. The van der Waals surface area contributed by atoms with Crippen LogP contribution in [-0.2, 0) is 14.3 Å². The smallest absolute Gasteiger partial charge is 0.230 e. The van der Waals surface area contributed by atoms with Crippen molar-refractivity contribution >= 4 is 5.91 Å². The van der Waals surface area contributed by atoms with Gasteiger partial charge in [-0.25, -0.2) is 0 Å². The fraction of sp³-hybridized carbons (Fsp3) is 0.917. The number of carbonyl (C=O) groups is 1. The standard InChI is InChI=1S/C12H25N3O3/c1-12(9-18-8-10(12)13)11(16)14-4-6-17-7-5-15(2)3/h10H,4-9,13H2,1-3H3,(H,14,16). The summed E-state index contributed by atoms with van der Waals surface area (Å²) in [5, 5.41) is 2.85. The summed E-state index contributed by atoms with van der Waals surface area (Å²) in [6.07, 6.45) is 0. The Labute approximate surface area is 109 Å². The lowest BCUT2D eigenvalue weighted by atomic mass is 9.85. The van der Waals surface area contributed by atoms with Crippen LogP contribution in [0.1, 0.15) is 6.92 Å². The van der Waals surface area contributed by atoms with Crippen molar-refractivity contribution in [2.75, 3.05) is 53.6 Å². The Hall–Kier alpha value is -0.690. The average molecular weight is 259 g/mol. The topological polar surface area (TPSA) is 76.8 Å². The van der Waals surface area contributed by atoms with Crippen molar-refractivity contribution in [1.82, 2.24) is 10.2 Å². The maximum absolute atomic E-state index is 12.0. The summed E-state index contributed by atoms with van der Waals surface area (Å²) in [6.45, 7) is 5.26. The highest BCUT2D eigenvalue weighted by atomic mass is 16.5. The normalized spacial score (nSPS) is 27.7. The predicted molar refractivity (Wildman–Crippen MR) is 69.3 cm³/mol. The van der Waals surface area contributed by atoms with Crippen molar-refractivity contribution in [3.8, 4) is 0 Å². The first kappa shape index (κ1) is 15.4. The summed E-state index contributed by atoms with van der Waals surface area (Å²) in [5.74, 6) is -0.0521. The van der Waals surface area contributed by atoms with E-state index in [1.807, 2.05) is 21.0 Å². The van der Waals surface area contributed by atoms with Gasteiger partial charge in [-0.3, -0.25) is 4.79 Å². The number of amides is 1. The van der Waals surface area contributed by atoms with E-state index in [0.717, 1.165) is 6.54 Å². The zero-order valence-electron chi connectivity index (χ0n) is 11.6. The van der Waals surface area contributed by atoms with E-state index in [1.54, 1.807) is 0 Å². The molecule has 6 heteroatoms. The third kappa shape index (κ3) is 4.20. The summed E-state index contributed by atoms with van der Waals surface area (Å²) in [5.41, 5.74) is 5.27. The van der Waals surface area contributed by atoms with Crippen LogP contribution in [0.2, 0.25) is 0 Å². The second-order valence-electron chi connectivity index (χ2n) is 5.21. The Morgan fingerprint density at radius 1 is 1.56 bits per heavy atom. The van der Waals surface area contributed by atoms with Gasteiger partial charge in [0.15, 0.2) is 0 Å². The van der Waals surface area contributed by atoms with Gasteiger partial charge in [-0.1, -0.05) is 0 Å². The number of nitrogens with two attached hydrogens (primary N) is 1. The highest BCUT2D eigenvalue weighted by Gasteiger charge is 2.44. The second kappa shape index (κ2) is 7.04. The number of carbonyl (C=O) groups excluding carboxylic acids is 1. The van der Waals surface area contributed by atoms with Gasteiger partial charge in [0.2, 0.25) is 5.91 Å². The predicted octanol–water partition coefficient (Wildman–Crippen LogP) is -0.955. The molecule has 0 aromatic carbocycles. The molecule has 0 aromatic rings. The number of nitrogens with zero attached hydrogens (tertiary/aromatic N) is 1. The molecule has 1 aliphatic heterocycles. The molecule has 3 N–H and O–H groups in total. The molecule has 2 unspecified atom stereocenters. The number of nitrogens with one attached hydrogen (secondary N) is 1. The molecule has 1 fully saturated rings. The number of ether oxygens (including phenoxy) is 2. The SMILES string of the molecule is CN(C)CCOCCNC(=O)C1(C)COCC1N. The Morgan fingerprint density at radius 3 is 2.83 bits per heavy atom. The first-order chi connectivity index (χ1) is 8.47. The summed E-state index contributed by atoms with van der Waals surface area (Å²) < 4.78 is 10.6. The molecular weight excluding hydrogens is 234 g/mol. The van der Waals surface area contributed by atoms with Crippen LogP contribution in [0, 0.1) is 5.41 Å². The Balaban J connectivity index is 2.14. The molecule has 106 valence electrons. The van der Waals surface area contributed by atoms with Crippen LogP contribution in [0.3, 0.4) is 0 Å². The van der Waals surface area contributed by atoms with Crippen molar-refractivity contribution in [2.24, 2.45) is 11.1 Å². The number of hydrogen-bond acceptors (Lipinski definition) is 5. The first-order valence-electron chi connectivity index (χ1n) is 6.31. The number of likely N-dealkylation sites (N-methyl/N-ethyl adjacent to an activating group) is 1. The third-order valence-electron chi connectivity index (χ3n) is 3.25. The zero-order valence-corrected chi connectivity index (χ0v) is 11.6. The van der Waals surface area contributed by atoms with Gasteiger partial charge in [-0.05, 0) is 21.0 Å². The lowest BCUT2D eigenvalue weighted by Crippen LogP contribution is -2.50. The van der Waals surface area contributed by atoms with E-state index < -0.39 is 5.41 Å². The lowest BCUT2D eigenvalue weighted by Gasteiger charge is -2.25. The number of hydrogen-bond donors (Lipinski definition) is 2. The molecule has 0 aliphatic carbocycles. The fourth-order valence-electron chi connectivity index (χ4n) is 1.71. The maximum Gasteiger partial charge on any atom is 0.230 e. The minimum atomic E-state index is -0.608. The molecule has 0 aromatic heterocycles. The lowest BCUT2D eigenvalue weighted by molar-refractivity contribution is -0.130. The van der Waals surface area contributed by atoms with Crippen LogP contribution >= 0.6 is 0 Å². The van der Waals surface area contributed by atoms with Crippen LogP contribution in [0.5, 0.6) is 0 Å². The quantitative estimate of drug-likeness (QED) is 0.576. The highest BCUT2D eigenvalue weighted by molar-refractivity contribution is 5.83. The third-order valence-corrected chi connectivity index (χ3v) is 3.25. The van der Waals surface area contributed by atoms with Crippen LogP contribution in [-0.4, -0.2) is 70.5 Å².